The zero-order valence-corrected chi connectivity index (χ0v) is 12.9. The van der Waals surface area contributed by atoms with Crippen molar-refractivity contribution >= 4 is 39.7 Å². The first-order chi connectivity index (χ1) is 9.09. The Bertz CT molecular complexity index is 823. The molecule has 0 spiro atoms. The van der Waals surface area contributed by atoms with Crippen LogP contribution in [0.4, 0.5) is 0 Å². The summed E-state index contributed by atoms with van der Waals surface area (Å²) in [5.74, 6) is 0. The molecule has 0 amide bonds. The van der Waals surface area contributed by atoms with Crippen molar-refractivity contribution < 1.29 is 0 Å². The second kappa shape index (κ2) is 4.64. The van der Waals surface area contributed by atoms with Crippen LogP contribution in [0.1, 0.15) is 5.69 Å². The van der Waals surface area contributed by atoms with Gasteiger partial charge in [-0.25, -0.2) is 4.52 Å². The van der Waals surface area contributed by atoms with E-state index in [4.69, 9.17) is 11.6 Å². The molecule has 0 unspecified atom stereocenters. The number of rotatable bonds is 1. The van der Waals surface area contributed by atoms with Crippen molar-refractivity contribution in [3.8, 4) is 5.69 Å². The molecule has 0 saturated carbocycles. The maximum atomic E-state index is 12.6. The maximum Gasteiger partial charge on any atom is 0.284 e. The van der Waals surface area contributed by atoms with Gasteiger partial charge in [0.15, 0.2) is 3.83 Å². The smallest absolute Gasteiger partial charge is 0.266 e. The lowest BCUT2D eigenvalue weighted by molar-refractivity contribution is 0.776. The average Bonchev–Trinajstić information content (AvgIpc) is 2.66. The monoisotopic (exact) mass is 385 g/mol. The number of nitrogens with zero attached hydrogens (tertiary/aromatic N) is 3. The van der Waals surface area contributed by atoms with Gasteiger partial charge in [0.25, 0.3) is 5.56 Å². The van der Waals surface area contributed by atoms with E-state index in [9.17, 15) is 4.79 Å². The van der Waals surface area contributed by atoms with Crippen LogP contribution in [-0.4, -0.2) is 14.2 Å². The predicted octanol–water partition coefficient (Wildman–Crippen LogP) is 3.05. The topological polar surface area (TPSA) is 39.3 Å². The van der Waals surface area contributed by atoms with Gasteiger partial charge in [0.05, 0.1) is 10.7 Å². The molecule has 3 rings (SSSR count). The second-order valence-electron chi connectivity index (χ2n) is 4.14. The Morgan fingerprint density at radius 2 is 1.95 bits per heavy atom. The number of hydrogen-bond donors (Lipinski definition) is 0. The highest BCUT2D eigenvalue weighted by Gasteiger charge is 2.15. The Hall–Kier alpha value is -1.34. The van der Waals surface area contributed by atoms with Crippen LogP contribution < -0.4 is 5.56 Å². The summed E-state index contributed by atoms with van der Waals surface area (Å²) in [7, 11) is 0. The number of fused-ring (bicyclic) bond motifs is 1. The molecule has 0 atom stereocenters. The summed E-state index contributed by atoms with van der Waals surface area (Å²) in [6, 6.07) is 11.1. The summed E-state index contributed by atoms with van der Waals surface area (Å²) in [4.78, 5) is 12.6. The molecular formula is C13H9ClIN3O. The molecule has 1 aromatic carbocycles. The molecule has 0 bridgehead atoms. The first-order valence-electron chi connectivity index (χ1n) is 5.61. The Morgan fingerprint density at radius 1 is 1.26 bits per heavy atom. The minimum atomic E-state index is -0.163. The molecule has 96 valence electrons. The van der Waals surface area contributed by atoms with Crippen molar-refractivity contribution in [2.24, 2.45) is 0 Å². The average molecular weight is 386 g/mol. The van der Waals surface area contributed by atoms with Gasteiger partial charge in [0.1, 0.15) is 5.52 Å². The largest absolute Gasteiger partial charge is 0.284 e. The van der Waals surface area contributed by atoms with Gasteiger partial charge in [-0.1, -0.05) is 29.8 Å². The molecule has 4 nitrogen and oxygen atoms in total. The van der Waals surface area contributed by atoms with Crippen molar-refractivity contribution in [1.82, 2.24) is 14.2 Å². The highest BCUT2D eigenvalue weighted by atomic mass is 127. The zero-order valence-electron chi connectivity index (χ0n) is 9.97. The van der Waals surface area contributed by atoms with Crippen molar-refractivity contribution in [2.75, 3.05) is 0 Å². The summed E-state index contributed by atoms with van der Waals surface area (Å²) in [6.45, 7) is 1.87. The van der Waals surface area contributed by atoms with Crippen molar-refractivity contribution in [1.29, 1.82) is 0 Å². The minimum absolute atomic E-state index is 0.163. The summed E-state index contributed by atoms with van der Waals surface area (Å²) in [5, 5.41) is 4.84. The number of hydrogen-bond acceptors (Lipinski definition) is 2. The van der Waals surface area contributed by atoms with Gasteiger partial charge in [0, 0.05) is 28.3 Å². The van der Waals surface area contributed by atoms with E-state index < -0.39 is 0 Å². The quantitative estimate of drug-likeness (QED) is 0.604. The molecule has 0 aliphatic rings. The number of aryl methyl sites for hydroxylation is 1. The third-order valence-electron chi connectivity index (χ3n) is 2.89. The molecular weight excluding hydrogens is 377 g/mol. The summed E-state index contributed by atoms with van der Waals surface area (Å²) >= 11 is 8.17. The van der Waals surface area contributed by atoms with Crippen LogP contribution in [0.2, 0.25) is 5.02 Å². The molecule has 2 aromatic heterocycles. The van der Waals surface area contributed by atoms with Crippen LogP contribution in [0, 0.1) is 10.8 Å². The van der Waals surface area contributed by atoms with Crippen molar-refractivity contribution in [3.05, 3.63) is 61.3 Å². The SMILES string of the molecule is Cc1cc(Cl)c2c(=O)n(-c3ccccc3)c(I)nn12. The van der Waals surface area contributed by atoms with Crippen LogP contribution in [0.3, 0.4) is 0 Å². The fraction of sp³-hybridized carbons (Fsp3) is 0.0769. The molecule has 6 heteroatoms. The Balaban J connectivity index is 2.45. The van der Waals surface area contributed by atoms with E-state index in [1.165, 1.54) is 0 Å². The fourth-order valence-corrected chi connectivity index (χ4v) is 3.06. The highest BCUT2D eigenvalue weighted by molar-refractivity contribution is 14.1. The Kier molecular flexibility index (Phi) is 3.10. The molecule has 2 heterocycles. The Labute approximate surface area is 127 Å². The lowest BCUT2D eigenvalue weighted by atomic mass is 10.3. The van der Waals surface area contributed by atoms with E-state index in [0.717, 1.165) is 11.4 Å². The van der Waals surface area contributed by atoms with E-state index in [-0.39, 0.29) is 5.56 Å². The highest BCUT2D eigenvalue weighted by Crippen LogP contribution is 2.19. The van der Waals surface area contributed by atoms with E-state index in [1.807, 2.05) is 37.3 Å². The molecule has 0 fully saturated rings. The summed E-state index contributed by atoms with van der Waals surface area (Å²) < 4.78 is 3.74. The third kappa shape index (κ3) is 1.97. The third-order valence-corrected chi connectivity index (χ3v) is 3.88. The second-order valence-corrected chi connectivity index (χ2v) is 5.51. The van der Waals surface area contributed by atoms with E-state index >= 15 is 0 Å². The molecule has 0 N–H and O–H groups in total. The molecule has 3 aromatic rings. The van der Waals surface area contributed by atoms with Gasteiger partial charge >= 0.3 is 0 Å². The first-order valence-corrected chi connectivity index (χ1v) is 7.07. The molecule has 0 aliphatic carbocycles. The number of aromatic nitrogens is 3. The summed E-state index contributed by atoms with van der Waals surface area (Å²) in [6.07, 6.45) is 0. The molecule has 0 radical (unpaired) electrons. The van der Waals surface area contributed by atoms with Crippen LogP contribution in [0.5, 0.6) is 0 Å². The van der Waals surface area contributed by atoms with Crippen LogP contribution in [0.15, 0.2) is 41.2 Å². The normalized spacial score (nSPS) is 11.1. The fourth-order valence-electron chi connectivity index (χ4n) is 2.03. The predicted molar refractivity (Wildman–Crippen MR) is 83.3 cm³/mol. The van der Waals surface area contributed by atoms with Gasteiger partial charge in [0.2, 0.25) is 0 Å². The lowest BCUT2D eigenvalue weighted by Gasteiger charge is -2.09. The van der Waals surface area contributed by atoms with Gasteiger partial charge < -0.3 is 0 Å². The number of para-hydroxylation sites is 1. The van der Waals surface area contributed by atoms with Crippen molar-refractivity contribution in [3.63, 3.8) is 0 Å². The summed E-state index contributed by atoms with van der Waals surface area (Å²) in [5.41, 5.74) is 1.86. The number of halogens is 2. The van der Waals surface area contributed by atoms with Gasteiger partial charge in [-0.05, 0) is 25.1 Å². The Morgan fingerprint density at radius 3 is 2.63 bits per heavy atom. The zero-order chi connectivity index (χ0) is 13.6. The van der Waals surface area contributed by atoms with E-state index in [1.54, 1.807) is 15.1 Å². The lowest BCUT2D eigenvalue weighted by Crippen LogP contribution is -2.25. The van der Waals surface area contributed by atoms with Crippen LogP contribution >= 0.6 is 34.2 Å². The maximum absolute atomic E-state index is 12.6. The standard InChI is InChI=1S/C13H9ClIN3O/c1-8-7-10(14)11-12(19)17(13(15)16-18(8)11)9-5-3-2-4-6-9/h2-7H,1H3. The molecule has 0 saturated heterocycles. The van der Waals surface area contributed by atoms with Crippen molar-refractivity contribution in [2.45, 2.75) is 6.92 Å². The van der Waals surface area contributed by atoms with Gasteiger partial charge in [-0.2, -0.15) is 0 Å². The number of benzene rings is 1. The van der Waals surface area contributed by atoms with Gasteiger partial charge in [-0.3, -0.25) is 9.36 Å². The van der Waals surface area contributed by atoms with E-state index in [0.29, 0.717) is 14.4 Å². The molecule has 0 aliphatic heterocycles. The van der Waals surface area contributed by atoms with Crippen LogP contribution in [-0.2, 0) is 0 Å². The van der Waals surface area contributed by atoms with E-state index in [2.05, 4.69) is 27.7 Å². The van der Waals surface area contributed by atoms with Crippen LogP contribution in [0.25, 0.3) is 11.2 Å². The first kappa shape index (κ1) is 12.7. The van der Waals surface area contributed by atoms with Gasteiger partial charge in [-0.15, -0.1) is 5.10 Å². The molecule has 19 heavy (non-hydrogen) atoms. The minimum Gasteiger partial charge on any atom is -0.266 e.